The van der Waals surface area contributed by atoms with Crippen molar-refractivity contribution in [2.45, 2.75) is 6.42 Å². The van der Waals surface area contributed by atoms with Gasteiger partial charge in [0.05, 0.1) is 14.2 Å². The van der Waals surface area contributed by atoms with Gasteiger partial charge < -0.3 is 19.0 Å². The lowest BCUT2D eigenvalue weighted by atomic mass is 10.1. The maximum Gasteiger partial charge on any atom is 0.311 e. The van der Waals surface area contributed by atoms with Gasteiger partial charge in [0, 0.05) is 5.56 Å². The number of rotatable bonds is 5. The average Bonchev–Trinajstić information content (AvgIpc) is 2.85. The van der Waals surface area contributed by atoms with Crippen LogP contribution >= 0.6 is 0 Å². The number of ether oxygens (including phenoxy) is 2. The molecule has 6 nitrogen and oxygen atoms in total. The van der Waals surface area contributed by atoms with Gasteiger partial charge in [-0.05, 0) is 18.2 Å². The van der Waals surface area contributed by atoms with Gasteiger partial charge in [0.25, 0.3) is 0 Å². The lowest BCUT2D eigenvalue weighted by Crippen LogP contribution is -2.01. The number of carboxylic acids is 1. The number of aromatic nitrogens is 1. The molecule has 1 aromatic heterocycles. The average molecular weight is 263 g/mol. The number of carbonyl (C=O) groups is 1. The Bertz CT molecular complexity index is 590. The SMILES string of the molecule is COc1ccc(OC)c(-c2ncoc2CC(=O)O)c1. The van der Waals surface area contributed by atoms with Gasteiger partial charge in [-0.3, -0.25) is 4.79 Å². The number of oxazole rings is 1. The van der Waals surface area contributed by atoms with Crippen LogP contribution in [0.5, 0.6) is 11.5 Å². The van der Waals surface area contributed by atoms with Crippen LogP contribution in [0.15, 0.2) is 29.0 Å². The van der Waals surface area contributed by atoms with Crippen LogP contribution in [0.2, 0.25) is 0 Å². The van der Waals surface area contributed by atoms with Gasteiger partial charge in [-0.1, -0.05) is 0 Å². The second-order valence-electron chi connectivity index (χ2n) is 3.76. The van der Waals surface area contributed by atoms with Gasteiger partial charge in [0.15, 0.2) is 6.39 Å². The van der Waals surface area contributed by atoms with Gasteiger partial charge in [-0.15, -0.1) is 0 Å². The van der Waals surface area contributed by atoms with E-state index < -0.39 is 5.97 Å². The first kappa shape index (κ1) is 12.9. The topological polar surface area (TPSA) is 81.8 Å². The molecule has 1 heterocycles. The Balaban J connectivity index is 2.51. The van der Waals surface area contributed by atoms with Crippen molar-refractivity contribution < 1.29 is 23.8 Å². The minimum atomic E-state index is -0.986. The largest absolute Gasteiger partial charge is 0.497 e. The number of carboxylic acid groups (broad SMARTS) is 1. The normalized spacial score (nSPS) is 10.2. The molecule has 0 atom stereocenters. The fourth-order valence-corrected chi connectivity index (χ4v) is 1.75. The van der Waals surface area contributed by atoms with Gasteiger partial charge in [0.1, 0.15) is 29.4 Å². The molecule has 6 heteroatoms. The van der Waals surface area contributed by atoms with Crippen molar-refractivity contribution in [1.82, 2.24) is 4.98 Å². The highest BCUT2D eigenvalue weighted by Crippen LogP contribution is 2.34. The third-order valence-corrected chi connectivity index (χ3v) is 2.61. The summed E-state index contributed by atoms with van der Waals surface area (Å²) in [6.45, 7) is 0. The maximum atomic E-state index is 10.8. The zero-order chi connectivity index (χ0) is 13.8. The molecule has 0 radical (unpaired) electrons. The standard InChI is InChI=1S/C13H13NO5/c1-17-8-3-4-10(18-2)9(5-8)13-11(6-12(15)16)19-7-14-13/h3-5,7H,6H2,1-2H3,(H,15,16). The first-order chi connectivity index (χ1) is 9.15. The van der Waals surface area contributed by atoms with E-state index in [0.29, 0.717) is 22.8 Å². The summed E-state index contributed by atoms with van der Waals surface area (Å²) in [5, 5.41) is 8.84. The Labute approximate surface area is 109 Å². The molecule has 0 saturated carbocycles. The molecule has 0 bridgehead atoms. The van der Waals surface area contributed by atoms with Crippen LogP contribution in [0.3, 0.4) is 0 Å². The van der Waals surface area contributed by atoms with Crippen molar-refractivity contribution in [3.63, 3.8) is 0 Å². The molecule has 0 aliphatic heterocycles. The summed E-state index contributed by atoms with van der Waals surface area (Å²) >= 11 is 0. The third kappa shape index (κ3) is 2.67. The highest BCUT2D eigenvalue weighted by Gasteiger charge is 2.18. The zero-order valence-corrected chi connectivity index (χ0v) is 10.5. The molecule has 0 saturated heterocycles. The lowest BCUT2D eigenvalue weighted by molar-refractivity contribution is -0.136. The van der Waals surface area contributed by atoms with E-state index in [-0.39, 0.29) is 12.2 Å². The molecule has 19 heavy (non-hydrogen) atoms. The fraction of sp³-hybridized carbons (Fsp3) is 0.231. The molecule has 2 aromatic rings. The highest BCUT2D eigenvalue weighted by atomic mass is 16.5. The fourth-order valence-electron chi connectivity index (χ4n) is 1.75. The number of hydrogen-bond acceptors (Lipinski definition) is 5. The lowest BCUT2D eigenvalue weighted by Gasteiger charge is -2.09. The monoisotopic (exact) mass is 263 g/mol. The quantitative estimate of drug-likeness (QED) is 0.888. The van der Waals surface area contributed by atoms with Crippen molar-refractivity contribution in [2.24, 2.45) is 0 Å². The molecule has 1 N–H and O–H groups in total. The predicted molar refractivity (Wildman–Crippen MR) is 66.4 cm³/mol. The molecule has 2 rings (SSSR count). The number of hydrogen-bond donors (Lipinski definition) is 1. The molecular formula is C13H13NO5. The number of nitrogens with zero attached hydrogens (tertiary/aromatic N) is 1. The molecular weight excluding hydrogens is 250 g/mol. The van der Waals surface area contributed by atoms with Crippen LogP contribution < -0.4 is 9.47 Å². The smallest absolute Gasteiger partial charge is 0.311 e. The van der Waals surface area contributed by atoms with Gasteiger partial charge in [0.2, 0.25) is 0 Å². The molecule has 0 amide bonds. The minimum absolute atomic E-state index is 0.240. The first-order valence-corrected chi connectivity index (χ1v) is 5.52. The molecule has 0 unspecified atom stereocenters. The summed E-state index contributed by atoms with van der Waals surface area (Å²) in [6, 6.07) is 5.20. The van der Waals surface area contributed by atoms with Crippen molar-refractivity contribution in [1.29, 1.82) is 0 Å². The first-order valence-electron chi connectivity index (χ1n) is 5.52. The van der Waals surface area contributed by atoms with Crippen molar-refractivity contribution in [3.8, 4) is 22.8 Å². The van der Waals surface area contributed by atoms with E-state index in [1.807, 2.05) is 0 Å². The zero-order valence-electron chi connectivity index (χ0n) is 10.5. The van der Waals surface area contributed by atoms with E-state index in [2.05, 4.69) is 4.98 Å². The summed E-state index contributed by atoms with van der Waals surface area (Å²) in [7, 11) is 3.08. The van der Waals surface area contributed by atoms with Crippen molar-refractivity contribution in [3.05, 3.63) is 30.4 Å². The van der Waals surface area contributed by atoms with E-state index in [1.165, 1.54) is 13.5 Å². The Kier molecular flexibility index (Phi) is 3.70. The Morgan fingerprint density at radius 3 is 2.79 bits per heavy atom. The Morgan fingerprint density at radius 2 is 2.16 bits per heavy atom. The van der Waals surface area contributed by atoms with E-state index in [1.54, 1.807) is 25.3 Å². The summed E-state index contributed by atoms with van der Waals surface area (Å²) in [5.41, 5.74) is 1.07. The molecule has 0 aliphatic carbocycles. The van der Waals surface area contributed by atoms with Gasteiger partial charge in [-0.2, -0.15) is 0 Å². The maximum absolute atomic E-state index is 10.8. The van der Waals surface area contributed by atoms with Crippen molar-refractivity contribution in [2.75, 3.05) is 14.2 Å². The summed E-state index contributed by atoms with van der Waals surface area (Å²) in [6.07, 6.45) is 0.974. The predicted octanol–water partition coefficient (Wildman–Crippen LogP) is 1.99. The summed E-state index contributed by atoms with van der Waals surface area (Å²) in [4.78, 5) is 14.8. The van der Waals surface area contributed by atoms with Crippen LogP contribution in [0, 0.1) is 0 Å². The summed E-state index contributed by atoms with van der Waals surface area (Å²) < 4.78 is 15.5. The third-order valence-electron chi connectivity index (χ3n) is 2.61. The van der Waals surface area contributed by atoms with E-state index in [0.717, 1.165) is 0 Å². The van der Waals surface area contributed by atoms with Crippen LogP contribution in [-0.2, 0) is 11.2 Å². The Hall–Kier alpha value is -2.50. The number of aliphatic carboxylic acids is 1. The van der Waals surface area contributed by atoms with Crippen LogP contribution in [-0.4, -0.2) is 30.3 Å². The van der Waals surface area contributed by atoms with Crippen LogP contribution in [0.25, 0.3) is 11.3 Å². The molecule has 0 fully saturated rings. The molecule has 1 aromatic carbocycles. The highest BCUT2D eigenvalue weighted by molar-refractivity contribution is 5.76. The van der Waals surface area contributed by atoms with Crippen LogP contribution in [0.1, 0.15) is 5.76 Å². The van der Waals surface area contributed by atoms with Gasteiger partial charge in [-0.25, -0.2) is 4.98 Å². The summed E-state index contributed by atoms with van der Waals surface area (Å²) in [5.74, 6) is 0.486. The van der Waals surface area contributed by atoms with E-state index >= 15 is 0 Å². The van der Waals surface area contributed by atoms with E-state index in [4.69, 9.17) is 19.0 Å². The van der Waals surface area contributed by atoms with Crippen LogP contribution in [0.4, 0.5) is 0 Å². The van der Waals surface area contributed by atoms with Gasteiger partial charge >= 0.3 is 5.97 Å². The van der Waals surface area contributed by atoms with Crippen molar-refractivity contribution >= 4 is 5.97 Å². The molecule has 0 aliphatic rings. The number of benzene rings is 1. The second-order valence-corrected chi connectivity index (χ2v) is 3.76. The molecule has 100 valence electrons. The second kappa shape index (κ2) is 5.43. The van der Waals surface area contributed by atoms with E-state index in [9.17, 15) is 4.79 Å². The minimum Gasteiger partial charge on any atom is -0.497 e. The Morgan fingerprint density at radius 1 is 1.37 bits per heavy atom. The number of methoxy groups -OCH3 is 2. The molecule has 0 spiro atoms.